The molecule has 3 aromatic rings. The Labute approximate surface area is 196 Å². The highest BCUT2D eigenvalue weighted by molar-refractivity contribution is 6.04. The maximum atomic E-state index is 12.9. The molecule has 1 atom stereocenters. The molecule has 1 aliphatic rings. The van der Waals surface area contributed by atoms with Crippen LogP contribution in [-0.2, 0) is 30.4 Å². The van der Waals surface area contributed by atoms with Crippen molar-refractivity contribution in [1.29, 1.82) is 0 Å². The van der Waals surface area contributed by atoms with Gasteiger partial charge in [0.25, 0.3) is 0 Å². The lowest BCUT2D eigenvalue weighted by Crippen LogP contribution is -2.49. The molecule has 3 aromatic heterocycles. The van der Waals surface area contributed by atoms with Crippen molar-refractivity contribution in [3.63, 3.8) is 0 Å². The van der Waals surface area contributed by atoms with Gasteiger partial charge >= 0.3 is 6.18 Å². The fourth-order valence-electron chi connectivity index (χ4n) is 4.36. The highest BCUT2D eigenvalue weighted by Crippen LogP contribution is 2.35. The Kier molecular flexibility index (Phi) is 6.33. The summed E-state index contributed by atoms with van der Waals surface area (Å²) in [5, 5.41) is 7.29. The van der Waals surface area contributed by atoms with Gasteiger partial charge in [-0.05, 0) is 55.0 Å². The summed E-state index contributed by atoms with van der Waals surface area (Å²) in [7, 11) is 1.93. The van der Waals surface area contributed by atoms with Gasteiger partial charge in [0.15, 0.2) is 0 Å². The second-order valence-corrected chi connectivity index (χ2v) is 8.98. The van der Waals surface area contributed by atoms with Gasteiger partial charge in [-0.2, -0.15) is 18.3 Å². The molecule has 0 aliphatic carbocycles. The maximum absolute atomic E-state index is 12.9. The highest BCUT2D eigenvalue weighted by Gasteiger charge is 2.34. The second kappa shape index (κ2) is 9.08. The van der Waals surface area contributed by atoms with E-state index in [9.17, 15) is 18.0 Å². The number of rotatable bonds is 6. The number of likely N-dealkylation sites (N-methyl/N-ethyl adjacent to an activating group) is 1. The van der Waals surface area contributed by atoms with E-state index in [1.807, 2.05) is 45.0 Å². The Balaban J connectivity index is 1.45. The molecule has 0 fully saturated rings. The molecule has 0 bridgehead atoms. The van der Waals surface area contributed by atoms with Crippen molar-refractivity contribution in [1.82, 2.24) is 19.7 Å². The number of carbonyl (C=O) groups excluding carboxylic acids is 1. The highest BCUT2D eigenvalue weighted by atomic mass is 19.4. The Morgan fingerprint density at radius 2 is 1.94 bits per heavy atom. The molecular weight excluding hydrogens is 445 g/mol. The van der Waals surface area contributed by atoms with Crippen LogP contribution in [0.15, 0.2) is 36.8 Å². The average molecular weight is 473 g/mol. The van der Waals surface area contributed by atoms with Gasteiger partial charge < -0.3 is 10.2 Å². The van der Waals surface area contributed by atoms with E-state index in [-0.39, 0.29) is 24.4 Å². The summed E-state index contributed by atoms with van der Waals surface area (Å²) >= 11 is 0. The number of aryl methyl sites for hydroxylation is 3. The smallest absolute Gasteiger partial charge is 0.361 e. The van der Waals surface area contributed by atoms with Crippen LogP contribution < -0.4 is 10.2 Å². The van der Waals surface area contributed by atoms with Crippen molar-refractivity contribution >= 4 is 17.3 Å². The number of pyridine rings is 2. The van der Waals surface area contributed by atoms with Crippen LogP contribution in [0.5, 0.6) is 0 Å². The van der Waals surface area contributed by atoms with Crippen LogP contribution in [-0.4, -0.2) is 38.7 Å². The number of anilines is 2. The summed E-state index contributed by atoms with van der Waals surface area (Å²) in [6.45, 7) is 6.15. The predicted octanol–water partition coefficient (Wildman–Crippen LogP) is 4.25. The number of carbonyl (C=O) groups is 1. The first kappa shape index (κ1) is 23.7. The first-order chi connectivity index (χ1) is 16.0. The molecule has 34 heavy (non-hydrogen) atoms. The molecular formula is C24H27F3N6O. The van der Waals surface area contributed by atoms with Gasteiger partial charge in [0, 0.05) is 25.1 Å². The van der Waals surface area contributed by atoms with E-state index in [0.29, 0.717) is 18.4 Å². The lowest BCUT2D eigenvalue weighted by Gasteiger charge is -2.38. The van der Waals surface area contributed by atoms with Gasteiger partial charge in [0.05, 0.1) is 29.8 Å². The number of halogens is 3. The van der Waals surface area contributed by atoms with Crippen LogP contribution in [0.2, 0.25) is 0 Å². The summed E-state index contributed by atoms with van der Waals surface area (Å²) in [5.74, 6) is 0.139. The SMILES string of the molecule is Cc1nc(CCc2cnn(Cc3ccnc(C(F)(F)F)c3)c2)cc2c1NC(=O)[C@H](C(C)C)N2C. The molecule has 4 heterocycles. The summed E-state index contributed by atoms with van der Waals surface area (Å²) in [6.07, 6.45) is 1.59. The fraction of sp³-hybridized carbons (Fsp3) is 0.417. The first-order valence-corrected chi connectivity index (χ1v) is 11.1. The van der Waals surface area contributed by atoms with Crippen molar-refractivity contribution in [2.45, 2.75) is 52.4 Å². The van der Waals surface area contributed by atoms with E-state index in [0.717, 1.165) is 40.6 Å². The van der Waals surface area contributed by atoms with E-state index in [2.05, 4.69) is 20.4 Å². The van der Waals surface area contributed by atoms with Crippen LogP contribution in [0.1, 0.15) is 42.1 Å². The molecule has 10 heteroatoms. The normalized spacial score (nSPS) is 16.1. The first-order valence-electron chi connectivity index (χ1n) is 11.1. The van der Waals surface area contributed by atoms with Crippen molar-refractivity contribution < 1.29 is 18.0 Å². The minimum atomic E-state index is -4.47. The Morgan fingerprint density at radius 1 is 1.18 bits per heavy atom. The minimum absolute atomic E-state index is 0.0217. The molecule has 7 nitrogen and oxygen atoms in total. The summed E-state index contributed by atoms with van der Waals surface area (Å²) < 4.78 is 40.3. The largest absolute Gasteiger partial charge is 0.433 e. The summed E-state index contributed by atoms with van der Waals surface area (Å²) in [5.41, 5.74) is 3.90. The topological polar surface area (TPSA) is 75.9 Å². The van der Waals surface area contributed by atoms with E-state index < -0.39 is 11.9 Å². The number of hydrogen-bond donors (Lipinski definition) is 1. The average Bonchev–Trinajstić information content (AvgIpc) is 3.20. The maximum Gasteiger partial charge on any atom is 0.433 e. The summed E-state index contributed by atoms with van der Waals surface area (Å²) in [4.78, 5) is 22.6. The van der Waals surface area contributed by atoms with E-state index in [1.54, 1.807) is 16.9 Å². The molecule has 0 aromatic carbocycles. The predicted molar refractivity (Wildman–Crippen MR) is 123 cm³/mol. The van der Waals surface area contributed by atoms with Gasteiger partial charge in [0.2, 0.25) is 5.91 Å². The Morgan fingerprint density at radius 3 is 2.65 bits per heavy atom. The van der Waals surface area contributed by atoms with Crippen molar-refractivity contribution in [3.05, 3.63) is 65.0 Å². The zero-order valence-electron chi connectivity index (χ0n) is 19.5. The van der Waals surface area contributed by atoms with Gasteiger partial charge in [-0.3, -0.25) is 19.4 Å². The number of alkyl halides is 3. The lowest BCUT2D eigenvalue weighted by molar-refractivity contribution is -0.141. The molecule has 0 unspecified atom stereocenters. The van der Waals surface area contributed by atoms with E-state index in [4.69, 9.17) is 0 Å². The van der Waals surface area contributed by atoms with Crippen LogP contribution >= 0.6 is 0 Å². The van der Waals surface area contributed by atoms with E-state index in [1.165, 1.54) is 0 Å². The van der Waals surface area contributed by atoms with Crippen LogP contribution in [0.3, 0.4) is 0 Å². The molecule has 0 spiro atoms. The third-order valence-electron chi connectivity index (χ3n) is 5.99. The zero-order chi connectivity index (χ0) is 24.6. The molecule has 0 saturated carbocycles. The molecule has 1 aliphatic heterocycles. The molecule has 1 amide bonds. The minimum Gasteiger partial charge on any atom is -0.361 e. The van der Waals surface area contributed by atoms with Gasteiger partial charge in [-0.25, -0.2) is 0 Å². The lowest BCUT2D eigenvalue weighted by atomic mass is 9.97. The van der Waals surface area contributed by atoms with Crippen molar-refractivity contribution in [2.75, 3.05) is 17.3 Å². The molecule has 180 valence electrons. The molecule has 0 radical (unpaired) electrons. The number of aromatic nitrogens is 4. The number of fused-ring (bicyclic) bond motifs is 1. The Bertz CT molecular complexity index is 1200. The zero-order valence-corrected chi connectivity index (χ0v) is 19.5. The molecule has 4 rings (SSSR count). The van der Waals surface area contributed by atoms with E-state index >= 15 is 0 Å². The quantitative estimate of drug-likeness (QED) is 0.581. The van der Waals surface area contributed by atoms with Crippen LogP contribution in [0.4, 0.5) is 24.5 Å². The standard InChI is InChI=1S/C24H27F3N6O/c1-14(2)22-23(34)31-21-15(3)30-18(10-19(21)32(22)4)6-5-17-11-29-33(13-17)12-16-7-8-28-20(9-16)24(25,26)27/h7-11,13-14,22H,5-6,12H2,1-4H3,(H,31,34)/t22-/m0/s1. The van der Waals surface area contributed by atoms with Crippen molar-refractivity contribution in [2.24, 2.45) is 5.92 Å². The molecule has 1 N–H and O–H groups in total. The number of hydrogen-bond acceptors (Lipinski definition) is 5. The Hall–Kier alpha value is -3.43. The third kappa shape index (κ3) is 4.90. The fourth-order valence-corrected chi connectivity index (χ4v) is 4.36. The second-order valence-electron chi connectivity index (χ2n) is 8.98. The molecule has 0 saturated heterocycles. The van der Waals surface area contributed by atoms with Gasteiger partial charge in [-0.1, -0.05) is 13.8 Å². The number of nitrogens with zero attached hydrogens (tertiary/aromatic N) is 5. The number of amides is 1. The van der Waals surface area contributed by atoms with Gasteiger partial charge in [-0.15, -0.1) is 0 Å². The number of nitrogens with one attached hydrogen (secondary N) is 1. The monoisotopic (exact) mass is 472 g/mol. The summed E-state index contributed by atoms with van der Waals surface area (Å²) in [6, 6.07) is 4.36. The third-order valence-corrected chi connectivity index (χ3v) is 5.99. The van der Waals surface area contributed by atoms with Crippen LogP contribution in [0, 0.1) is 12.8 Å². The van der Waals surface area contributed by atoms with Crippen molar-refractivity contribution in [3.8, 4) is 0 Å². The van der Waals surface area contributed by atoms with Gasteiger partial charge in [0.1, 0.15) is 11.7 Å². The van der Waals surface area contributed by atoms with Crippen LogP contribution in [0.25, 0.3) is 0 Å².